The summed E-state index contributed by atoms with van der Waals surface area (Å²) in [5.74, 6) is 1.07. The Balaban J connectivity index is 1.72. The first-order valence-electron chi connectivity index (χ1n) is 5.94. The minimum absolute atomic E-state index is 1.03. The van der Waals surface area contributed by atoms with Gasteiger partial charge in [-0.3, -0.25) is 4.90 Å². The van der Waals surface area contributed by atoms with E-state index in [9.17, 15) is 0 Å². The normalized spacial score (nSPS) is 21.3. The van der Waals surface area contributed by atoms with Gasteiger partial charge in [0.05, 0.1) is 5.69 Å². The minimum atomic E-state index is 1.03. The van der Waals surface area contributed by atoms with Gasteiger partial charge in [-0.1, -0.05) is 0 Å². The Morgan fingerprint density at radius 3 is 2.87 bits per heavy atom. The van der Waals surface area contributed by atoms with Gasteiger partial charge >= 0.3 is 0 Å². The van der Waals surface area contributed by atoms with Crippen LogP contribution in [0.25, 0.3) is 0 Å². The monoisotopic (exact) mass is 206 g/mol. The Morgan fingerprint density at radius 1 is 1.20 bits per heavy atom. The van der Waals surface area contributed by atoms with Crippen LogP contribution in [-0.4, -0.2) is 34.1 Å². The molecule has 3 rings (SSSR count). The maximum atomic E-state index is 4.62. The highest BCUT2D eigenvalue weighted by Crippen LogP contribution is 2.17. The molecule has 0 bridgehead atoms. The Morgan fingerprint density at radius 2 is 2.07 bits per heavy atom. The van der Waals surface area contributed by atoms with E-state index in [1.165, 1.54) is 38.0 Å². The van der Waals surface area contributed by atoms with Crippen LogP contribution in [0.1, 0.15) is 25.0 Å². The summed E-state index contributed by atoms with van der Waals surface area (Å²) in [5.41, 5.74) is 1.22. The van der Waals surface area contributed by atoms with Crippen molar-refractivity contribution >= 4 is 5.95 Å². The Kier molecular flexibility index (Phi) is 2.37. The molecule has 0 saturated carbocycles. The first-order valence-corrected chi connectivity index (χ1v) is 5.94. The largest absolute Gasteiger partial charge is 0.356 e. The van der Waals surface area contributed by atoms with Crippen molar-refractivity contribution in [3.8, 4) is 0 Å². The highest BCUT2D eigenvalue weighted by molar-refractivity contribution is 5.30. The zero-order chi connectivity index (χ0) is 10.1. The van der Waals surface area contributed by atoms with E-state index in [0.29, 0.717) is 0 Å². The zero-order valence-electron chi connectivity index (χ0n) is 9.08. The summed E-state index contributed by atoms with van der Waals surface area (Å²) < 4.78 is 2.24. The van der Waals surface area contributed by atoms with Gasteiger partial charge in [0.25, 0.3) is 0 Å². The van der Waals surface area contributed by atoms with E-state index in [-0.39, 0.29) is 0 Å². The summed E-state index contributed by atoms with van der Waals surface area (Å²) in [6.45, 7) is 5.71. The molecule has 2 aliphatic rings. The highest BCUT2D eigenvalue weighted by Gasteiger charge is 2.16. The average molecular weight is 206 g/mol. The zero-order valence-corrected chi connectivity index (χ0v) is 9.08. The lowest BCUT2D eigenvalue weighted by Gasteiger charge is -2.14. The van der Waals surface area contributed by atoms with E-state index in [1.807, 2.05) is 0 Å². The molecule has 0 atom stereocenters. The molecule has 0 spiro atoms. The van der Waals surface area contributed by atoms with Gasteiger partial charge in [-0.25, -0.2) is 4.98 Å². The summed E-state index contributed by atoms with van der Waals surface area (Å²) in [6.07, 6.45) is 6.13. The molecular weight excluding hydrogens is 188 g/mol. The summed E-state index contributed by atoms with van der Waals surface area (Å²) in [7, 11) is 0. The Hall–Kier alpha value is -1.03. The first-order chi connectivity index (χ1) is 7.42. The maximum Gasteiger partial charge on any atom is 0.203 e. The molecule has 0 amide bonds. The molecule has 1 fully saturated rings. The third kappa shape index (κ3) is 1.86. The Labute approximate surface area is 90.3 Å². The van der Waals surface area contributed by atoms with Gasteiger partial charge in [0.15, 0.2) is 0 Å². The van der Waals surface area contributed by atoms with Crippen LogP contribution in [0.3, 0.4) is 0 Å². The van der Waals surface area contributed by atoms with E-state index in [0.717, 1.165) is 25.6 Å². The van der Waals surface area contributed by atoms with Crippen LogP contribution in [0.5, 0.6) is 0 Å². The van der Waals surface area contributed by atoms with E-state index in [2.05, 4.69) is 26.0 Å². The van der Waals surface area contributed by atoms with Gasteiger partial charge in [-0.2, -0.15) is 0 Å². The fourth-order valence-corrected chi connectivity index (χ4v) is 2.48. The molecule has 4 nitrogen and oxygen atoms in total. The fraction of sp³-hybridized carbons (Fsp3) is 0.727. The molecule has 15 heavy (non-hydrogen) atoms. The number of anilines is 1. The molecule has 3 heterocycles. The SMILES string of the molecule is c1c(CN2CCCC2)nc2n1CCCN2. The van der Waals surface area contributed by atoms with Crippen molar-refractivity contribution in [1.82, 2.24) is 14.5 Å². The maximum absolute atomic E-state index is 4.62. The lowest BCUT2D eigenvalue weighted by Crippen LogP contribution is -2.18. The molecule has 0 unspecified atom stereocenters. The van der Waals surface area contributed by atoms with Gasteiger partial charge < -0.3 is 9.88 Å². The van der Waals surface area contributed by atoms with E-state index < -0.39 is 0 Å². The predicted octanol–water partition coefficient (Wildman–Crippen LogP) is 1.29. The second-order valence-corrected chi connectivity index (χ2v) is 4.51. The number of imidazole rings is 1. The third-order valence-electron chi connectivity index (χ3n) is 3.27. The van der Waals surface area contributed by atoms with Crippen molar-refractivity contribution < 1.29 is 0 Å². The number of fused-ring (bicyclic) bond motifs is 1. The number of aryl methyl sites for hydroxylation is 1. The molecule has 1 saturated heterocycles. The summed E-state index contributed by atoms with van der Waals surface area (Å²) >= 11 is 0. The second kappa shape index (κ2) is 3.85. The van der Waals surface area contributed by atoms with Crippen LogP contribution >= 0.6 is 0 Å². The molecule has 0 aliphatic carbocycles. The van der Waals surface area contributed by atoms with Crippen molar-refractivity contribution in [2.45, 2.75) is 32.4 Å². The second-order valence-electron chi connectivity index (χ2n) is 4.51. The number of hydrogen-bond donors (Lipinski definition) is 1. The standard InChI is InChI=1S/C11H18N4/c1-2-6-14(5-1)8-10-9-15-7-3-4-12-11(15)13-10/h9H,1-8H2,(H,12,13). The topological polar surface area (TPSA) is 33.1 Å². The predicted molar refractivity (Wildman–Crippen MR) is 59.8 cm³/mol. The van der Waals surface area contributed by atoms with Crippen LogP contribution in [-0.2, 0) is 13.1 Å². The van der Waals surface area contributed by atoms with E-state index in [4.69, 9.17) is 0 Å². The van der Waals surface area contributed by atoms with Gasteiger partial charge in [0.2, 0.25) is 5.95 Å². The third-order valence-corrected chi connectivity index (χ3v) is 3.27. The summed E-state index contributed by atoms with van der Waals surface area (Å²) in [4.78, 5) is 7.12. The summed E-state index contributed by atoms with van der Waals surface area (Å²) in [5, 5.41) is 3.34. The van der Waals surface area contributed by atoms with Gasteiger partial charge in [-0.15, -0.1) is 0 Å². The smallest absolute Gasteiger partial charge is 0.203 e. The van der Waals surface area contributed by atoms with Gasteiger partial charge in [-0.05, 0) is 32.4 Å². The minimum Gasteiger partial charge on any atom is -0.356 e. The lowest BCUT2D eigenvalue weighted by atomic mass is 10.4. The van der Waals surface area contributed by atoms with E-state index >= 15 is 0 Å². The lowest BCUT2D eigenvalue weighted by molar-refractivity contribution is 0.327. The number of aromatic nitrogens is 2. The van der Waals surface area contributed by atoms with Gasteiger partial charge in [0.1, 0.15) is 0 Å². The molecule has 1 aromatic heterocycles. The van der Waals surface area contributed by atoms with Gasteiger partial charge in [0, 0.05) is 25.8 Å². The van der Waals surface area contributed by atoms with Crippen molar-refractivity contribution in [2.75, 3.05) is 25.0 Å². The van der Waals surface area contributed by atoms with Crippen LogP contribution in [0.4, 0.5) is 5.95 Å². The van der Waals surface area contributed by atoms with Crippen molar-refractivity contribution in [2.24, 2.45) is 0 Å². The molecule has 1 N–H and O–H groups in total. The van der Waals surface area contributed by atoms with Crippen molar-refractivity contribution in [3.63, 3.8) is 0 Å². The average Bonchev–Trinajstić information content (AvgIpc) is 2.86. The fourth-order valence-electron chi connectivity index (χ4n) is 2.48. The van der Waals surface area contributed by atoms with Crippen LogP contribution in [0, 0.1) is 0 Å². The van der Waals surface area contributed by atoms with Crippen molar-refractivity contribution in [3.05, 3.63) is 11.9 Å². The van der Waals surface area contributed by atoms with Crippen molar-refractivity contribution in [1.29, 1.82) is 0 Å². The Bertz CT molecular complexity index is 315. The molecule has 0 aromatic carbocycles. The quantitative estimate of drug-likeness (QED) is 0.791. The molecule has 0 radical (unpaired) electrons. The number of hydrogen-bond acceptors (Lipinski definition) is 3. The summed E-state index contributed by atoms with van der Waals surface area (Å²) in [6, 6.07) is 0. The number of likely N-dealkylation sites (tertiary alicyclic amines) is 1. The van der Waals surface area contributed by atoms with Crippen LogP contribution in [0.15, 0.2) is 6.20 Å². The number of nitrogens with one attached hydrogen (secondary N) is 1. The molecule has 2 aliphatic heterocycles. The molecule has 82 valence electrons. The van der Waals surface area contributed by atoms with E-state index in [1.54, 1.807) is 0 Å². The highest BCUT2D eigenvalue weighted by atomic mass is 15.2. The molecular formula is C11H18N4. The number of nitrogens with zero attached hydrogens (tertiary/aromatic N) is 3. The number of rotatable bonds is 2. The van der Waals surface area contributed by atoms with Crippen LogP contribution < -0.4 is 5.32 Å². The first kappa shape index (κ1) is 9.21. The molecule has 1 aromatic rings. The van der Waals surface area contributed by atoms with Crippen LogP contribution in [0.2, 0.25) is 0 Å². The molecule has 4 heteroatoms.